The van der Waals surface area contributed by atoms with Gasteiger partial charge in [0.2, 0.25) is 0 Å². The number of thiazole rings is 1. The maximum absolute atomic E-state index is 13.1. The van der Waals surface area contributed by atoms with Crippen LogP contribution in [0.3, 0.4) is 0 Å². The van der Waals surface area contributed by atoms with Gasteiger partial charge in [0.1, 0.15) is 17.0 Å². The lowest BCUT2D eigenvalue weighted by atomic mass is 10.3. The number of carbonyl (C=O) groups excluding carboxylic acids is 1. The van der Waals surface area contributed by atoms with Crippen LogP contribution < -0.4 is 14.4 Å². The molecule has 0 bridgehead atoms. The van der Waals surface area contributed by atoms with Crippen LogP contribution in [0.5, 0.6) is 11.5 Å². The normalized spacial score (nSPS) is 11.2. The first-order valence-corrected chi connectivity index (χ1v) is 11.5. The van der Waals surface area contributed by atoms with E-state index in [4.69, 9.17) is 37.7 Å². The monoisotopic (exact) mass is 481 g/mol. The fourth-order valence-corrected chi connectivity index (χ4v) is 4.47. The second-order valence-corrected chi connectivity index (χ2v) is 8.95. The minimum atomic E-state index is -0.193. The molecule has 0 N–H and O–H groups in total. The number of aromatic nitrogens is 1. The summed E-state index contributed by atoms with van der Waals surface area (Å²) in [7, 11) is 4.01. The highest BCUT2D eigenvalue weighted by Crippen LogP contribution is 2.34. The summed E-state index contributed by atoms with van der Waals surface area (Å²) in [5.41, 5.74) is 0.761. The van der Waals surface area contributed by atoms with Crippen molar-refractivity contribution in [1.29, 1.82) is 0 Å². The first kappa shape index (κ1) is 23.6. The number of carbonyl (C=O) groups is 1. The molecule has 0 aliphatic rings. The summed E-state index contributed by atoms with van der Waals surface area (Å²) < 4.78 is 12.3. The Hall–Kier alpha value is -2.06. The van der Waals surface area contributed by atoms with E-state index >= 15 is 0 Å². The Morgan fingerprint density at radius 1 is 1.10 bits per heavy atom. The molecule has 3 rings (SSSR count). The molecule has 9 heteroatoms. The lowest BCUT2D eigenvalue weighted by Crippen LogP contribution is -2.36. The molecule has 166 valence electrons. The number of hydrogen-bond acceptors (Lipinski definition) is 6. The molecule has 2 aromatic carbocycles. The van der Waals surface area contributed by atoms with E-state index in [1.165, 1.54) is 11.3 Å². The van der Waals surface area contributed by atoms with E-state index in [9.17, 15) is 4.79 Å². The van der Waals surface area contributed by atoms with Crippen LogP contribution in [0.2, 0.25) is 10.0 Å². The highest BCUT2D eigenvalue weighted by molar-refractivity contribution is 7.22. The Labute approximate surface area is 196 Å². The van der Waals surface area contributed by atoms with Crippen molar-refractivity contribution in [3.63, 3.8) is 0 Å². The first-order valence-electron chi connectivity index (χ1n) is 9.94. The zero-order valence-electron chi connectivity index (χ0n) is 17.7. The van der Waals surface area contributed by atoms with Crippen molar-refractivity contribution in [2.75, 3.05) is 45.3 Å². The number of nitrogens with zero attached hydrogens (tertiary/aromatic N) is 3. The van der Waals surface area contributed by atoms with Crippen LogP contribution in [-0.4, -0.2) is 56.2 Å². The quantitative estimate of drug-likeness (QED) is 0.389. The molecule has 0 radical (unpaired) electrons. The lowest BCUT2D eigenvalue weighted by molar-refractivity contribution is -0.120. The minimum Gasteiger partial charge on any atom is -0.492 e. The highest BCUT2D eigenvalue weighted by atomic mass is 35.5. The summed E-state index contributed by atoms with van der Waals surface area (Å²) in [6, 6.07) is 10.7. The molecule has 0 saturated heterocycles. The number of amides is 1. The van der Waals surface area contributed by atoms with Crippen LogP contribution in [0, 0.1) is 0 Å². The third-order valence-corrected chi connectivity index (χ3v) is 6.01. The van der Waals surface area contributed by atoms with Gasteiger partial charge in [0.15, 0.2) is 11.7 Å². The second kappa shape index (κ2) is 11.0. The van der Waals surface area contributed by atoms with Crippen molar-refractivity contribution in [2.45, 2.75) is 13.3 Å². The second-order valence-electron chi connectivity index (χ2n) is 7.10. The first-order chi connectivity index (χ1) is 14.9. The summed E-state index contributed by atoms with van der Waals surface area (Å²) in [4.78, 5) is 21.6. The van der Waals surface area contributed by atoms with E-state index in [-0.39, 0.29) is 12.5 Å². The Balaban J connectivity index is 1.82. The van der Waals surface area contributed by atoms with Crippen molar-refractivity contribution in [1.82, 2.24) is 9.88 Å². The number of fused-ring (bicyclic) bond motifs is 1. The third-order valence-electron chi connectivity index (χ3n) is 4.43. The summed E-state index contributed by atoms with van der Waals surface area (Å²) in [6.07, 6.45) is 0.800. The summed E-state index contributed by atoms with van der Waals surface area (Å²) >= 11 is 13.6. The number of rotatable bonds is 10. The molecular formula is C22H25Cl2N3O3S. The van der Waals surface area contributed by atoms with Crippen molar-refractivity contribution in [2.24, 2.45) is 0 Å². The maximum atomic E-state index is 13.1. The smallest absolute Gasteiger partial charge is 0.266 e. The molecule has 3 aromatic rings. The molecule has 1 aromatic heterocycles. The van der Waals surface area contributed by atoms with Gasteiger partial charge in [0, 0.05) is 11.6 Å². The molecule has 0 fully saturated rings. The average Bonchev–Trinajstić information content (AvgIpc) is 3.15. The molecule has 1 amide bonds. The van der Waals surface area contributed by atoms with E-state index in [1.807, 2.05) is 39.2 Å². The van der Waals surface area contributed by atoms with Crippen LogP contribution in [-0.2, 0) is 4.79 Å². The fraction of sp³-hybridized carbons (Fsp3) is 0.364. The molecule has 6 nitrogen and oxygen atoms in total. The van der Waals surface area contributed by atoms with Crippen LogP contribution in [0.1, 0.15) is 13.3 Å². The van der Waals surface area contributed by atoms with E-state index in [1.54, 1.807) is 23.1 Å². The maximum Gasteiger partial charge on any atom is 0.266 e. The number of anilines is 1. The fourth-order valence-electron chi connectivity index (χ4n) is 2.98. The van der Waals surface area contributed by atoms with Gasteiger partial charge in [0.25, 0.3) is 5.91 Å². The van der Waals surface area contributed by atoms with Crippen LogP contribution >= 0.6 is 34.5 Å². The number of para-hydroxylation sites is 1. The predicted molar refractivity (Wildman–Crippen MR) is 128 cm³/mol. The Morgan fingerprint density at radius 2 is 1.90 bits per heavy atom. The van der Waals surface area contributed by atoms with Gasteiger partial charge in [-0.05, 0) is 64.3 Å². The van der Waals surface area contributed by atoms with E-state index in [0.29, 0.717) is 39.8 Å². The highest BCUT2D eigenvalue weighted by Gasteiger charge is 2.21. The minimum absolute atomic E-state index is 0.155. The summed E-state index contributed by atoms with van der Waals surface area (Å²) in [6.45, 7) is 3.70. The van der Waals surface area contributed by atoms with Gasteiger partial charge in [-0.15, -0.1) is 0 Å². The van der Waals surface area contributed by atoms with E-state index in [2.05, 4.69) is 4.90 Å². The molecule has 31 heavy (non-hydrogen) atoms. The van der Waals surface area contributed by atoms with Crippen LogP contribution in [0.4, 0.5) is 5.13 Å². The molecule has 0 spiro atoms. The lowest BCUT2D eigenvalue weighted by Gasteiger charge is -2.21. The Kier molecular flexibility index (Phi) is 8.37. The topological polar surface area (TPSA) is 54.9 Å². The van der Waals surface area contributed by atoms with Gasteiger partial charge in [-0.3, -0.25) is 9.69 Å². The van der Waals surface area contributed by atoms with Crippen molar-refractivity contribution in [3.05, 3.63) is 46.4 Å². The number of halogens is 2. The largest absolute Gasteiger partial charge is 0.492 e. The van der Waals surface area contributed by atoms with E-state index < -0.39 is 0 Å². The van der Waals surface area contributed by atoms with Crippen LogP contribution in [0.15, 0.2) is 36.4 Å². The van der Waals surface area contributed by atoms with Crippen molar-refractivity contribution < 1.29 is 14.3 Å². The van der Waals surface area contributed by atoms with Crippen molar-refractivity contribution >= 4 is 55.8 Å². The molecule has 1 heterocycles. The average molecular weight is 482 g/mol. The molecule has 0 aliphatic carbocycles. The zero-order chi connectivity index (χ0) is 22.4. The third kappa shape index (κ3) is 6.23. The van der Waals surface area contributed by atoms with Crippen LogP contribution in [0.25, 0.3) is 10.2 Å². The van der Waals surface area contributed by atoms with Gasteiger partial charge in [0.05, 0.1) is 16.3 Å². The zero-order valence-corrected chi connectivity index (χ0v) is 20.1. The molecule has 0 unspecified atom stereocenters. The SMILES string of the molecule is CCOc1cccc2sc(N(CCCN(C)C)C(=O)COc3ccc(Cl)cc3Cl)nc12. The molecule has 0 atom stereocenters. The predicted octanol–water partition coefficient (Wildman–Crippen LogP) is 5.37. The van der Waals surface area contributed by atoms with Crippen molar-refractivity contribution in [3.8, 4) is 11.5 Å². The van der Waals surface area contributed by atoms with E-state index in [0.717, 1.165) is 23.2 Å². The number of ether oxygens (including phenoxy) is 2. The summed E-state index contributed by atoms with van der Waals surface area (Å²) in [5, 5.41) is 1.49. The van der Waals surface area contributed by atoms with Gasteiger partial charge in [-0.2, -0.15) is 0 Å². The summed E-state index contributed by atoms with van der Waals surface area (Å²) in [5.74, 6) is 0.935. The number of hydrogen-bond donors (Lipinski definition) is 0. The molecule has 0 saturated carbocycles. The van der Waals surface area contributed by atoms with Gasteiger partial charge < -0.3 is 14.4 Å². The Bertz CT molecular complexity index is 1040. The standard InChI is InChI=1S/C22H25Cl2N3O3S/c1-4-29-18-7-5-8-19-21(18)25-22(31-19)27(12-6-11-26(2)3)20(28)14-30-17-10-9-15(23)13-16(17)24/h5,7-10,13H,4,6,11-12,14H2,1-3H3. The van der Waals surface area contributed by atoms with Gasteiger partial charge in [-0.25, -0.2) is 4.98 Å². The van der Waals surface area contributed by atoms with Gasteiger partial charge in [-0.1, -0.05) is 40.6 Å². The number of benzene rings is 2. The molecular weight excluding hydrogens is 457 g/mol. The van der Waals surface area contributed by atoms with Gasteiger partial charge >= 0.3 is 0 Å². The Morgan fingerprint density at radius 3 is 2.61 bits per heavy atom. The molecule has 0 aliphatic heterocycles.